The molecule has 0 aromatic heterocycles. The van der Waals surface area contributed by atoms with Crippen molar-refractivity contribution in [3.8, 4) is 0 Å². The summed E-state index contributed by atoms with van der Waals surface area (Å²) >= 11 is 28.2. The van der Waals surface area contributed by atoms with Crippen LogP contribution >= 0.6 is 63.1 Å². The lowest BCUT2D eigenvalue weighted by atomic mass is 10.0. The lowest BCUT2D eigenvalue weighted by Gasteiger charge is -2.24. The third-order valence-electron chi connectivity index (χ3n) is 1.70. The number of alkyl halides is 3. The lowest BCUT2D eigenvalue weighted by Crippen LogP contribution is -2.15. The first-order valence-electron chi connectivity index (χ1n) is 4.07. The Bertz CT molecular complexity index is 224. The van der Waals surface area contributed by atoms with Gasteiger partial charge in [0.25, 0.3) is 5.85 Å². The fourth-order valence-electron chi connectivity index (χ4n) is 1.16. The SMILES string of the molecule is CC(Cl)CC(C)CC(Cl)(Cl)P(=O)(Cl)Cl. The van der Waals surface area contributed by atoms with Crippen LogP contribution in [-0.4, -0.2) is 9.45 Å². The minimum Gasteiger partial charge on any atom is -0.286 e. The van der Waals surface area contributed by atoms with Crippen LogP contribution in [0.1, 0.15) is 26.7 Å². The highest BCUT2D eigenvalue weighted by Crippen LogP contribution is 2.72. The molecule has 0 bridgehead atoms. The molecule has 2 atom stereocenters. The Hall–Kier alpha value is 1.68. The van der Waals surface area contributed by atoms with E-state index in [0.29, 0.717) is 0 Å². The van der Waals surface area contributed by atoms with E-state index in [-0.39, 0.29) is 17.7 Å². The summed E-state index contributed by atoms with van der Waals surface area (Å²) in [5.41, 5.74) is 0. The van der Waals surface area contributed by atoms with E-state index in [1.807, 2.05) is 13.8 Å². The van der Waals surface area contributed by atoms with Crippen LogP contribution in [0.15, 0.2) is 0 Å². The fraction of sp³-hybridized carbons (Fsp3) is 1.00. The second-order valence-electron chi connectivity index (χ2n) is 3.45. The molecule has 0 spiro atoms. The molecule has 0 N–H and O–H groups in total. The molecule has 0 aliphatic carbocycles. The first-order valence-corrected chi connectivity index (χ1v) is 8.78. The molecule has 1 nitrogen and oxygen atoms in total. The quantitative estimate of drug-likeness (QED) is 0.460. The summed E-state index contributed by atoms with van der Waals surface area (Å²) in [7, 11) is 0. The summed E-state index contributed by atoms with van der Waals surface area (Å²) in [5.74, 6) is -3.42. The van der Waals surface area contributed by atoms with Crippen LogP contribution < -0.4 is 0 Å². The van der Waals surface area contributed by atoms with Crippen LogP contribution in [0.4, 0.5) is 0 Å². The van der Waals surface area contributed by atoms with E-state index >= 15 is 0 Å². The first kappa shape index (κ1) is 15.7. The molecule has 0 aliphatic rings. The lowest BCUT2D eigenvalue weighted by molar-refractivity contribution is 0.489. The highest BCUT2D eigenvalue weighted by atomic mass is 35.9. The van der Waals surface area contributed by atoms with Crippen LogP contribution in [-0.2, 0) is 4.57 Å². The standard InChI is InChI=1S/C7H12Cl5OP/c1-5(3-6(2)8)4-7(9,10)14(11,12)13/h5-6H,3-4H2,1-2H3. The predicted molar refractivity (Wildman–Crippen MR) is 67.5 cm³/mol. The zero-order chi connectivity index (χ0) is 11.6. The summed E-state index contributed by atoms with van der Waals surface area (Å²) in [5, 5.41) is 0.0131. The van der Waals surface area contributed by atoms with Crippen LogP contribution in [0.3, 0.4) is 0 Å². The van der Waals surface area contributed by atoms with Gasteiger partial charge in [-0.3, -0.25) is 4.57 Å². The summed E-state index contributed by atoms with van der Waals surface area (Å²) < 4.78 is 9.71. The molecule has 2 unspecified atom stereocenters. The average Bonchev–Trinajstić information content (AvgIpc) is 1.79. The van der Waals surface area contributed by atoms with Gasteiger partial charge in [0.2, 0.25) is 0 Å². The Kier molecular flexibility index (Phi) is 6.55. The van der Waals surface area contributed by atoms with Crippen molar-refractivity contribution in [3.63, 3.8) is 0 Å². The monoisotopic (exact) mass is 318 g/mol. The average molecular weight is 320 g/mol. The van der Waals surface area contributed by atoms with E-state index in [4.69, 9.17) is 57.3 Å². The molecule has 0 aliphatic heterocycles. The maximum atomic E-state index is 11.3. The summed E-state index contributed by atoms with van der Waals surface area (Å²) in [6.45, 7) is 3.77. The highest BCUT2D eigenvalue weighted by Gasteiger charge is 2.43. The first-order chi connectivity index (χ1) is 6.06. The van der Waals surface area contributed by atoms with E-state index in [0.717, 1.165) is 6.42 Å². The molecular formula is C7H12Cl5OP. The van der Waals surface area contributed by atoms with Crippen molar-refractivity contribution in [2.75, 3.05) is 0 Å². The highest BCUT2D eigenvalue weighted by molar-refractivity contribution is 8.11. The molecule has 14 heavy (non-hydrogen) atoms. The minimum atomic E-state index is -3.53. The van der Waals surface area contributed by atoms with Gasteiger partial charge in [-0.25, -0.2) is 0 Å². The van der Waals surface area contributed by atoms with Crippen LogP contribution in [0.2, 0.25) is 0 Å². The third-order valence-corrected chi connectivity index (χ3v) is 7.33. The Morgan fingerprint density at radius 1 is 1.29 bits per heavy atom. The molecule has 0 heterocycles. The molecule has 0 aromatic rings. The van der Waals surface area contributed by atoms with Crippen molar-refractivity contribution in [2.24, 2.45) is 5.92 Å². The number of rotatable bonds is 5. The van der Waals surface area contributed by atoms with Gasteiger partial charge < -0.3 is 0 Å². The number of hydrogen-bond donors (Lipinski definition) is 0. The smallest absolute Gasteiger partial charge is 0.286 e. The van der Waals surface area contributed by atoms with Gasteiger partial charge in [0.05, 0.1) is 0 Å². The van der Waals surface area contributed by atoms with Gasteiger partial charge in [-0.1, -0.05) is 30.1 Å². The molecule has 0 amide bonds. The normalized spacial score (nSPS) is 17.9. The van der Waals surface area contributed by atoms with Crippen LogP contribution in [0.5, 0.6) is 0 Å². The summed E-state index contributed by atoms with van der Waals surface area (Å²) in [6.07, 6.45) is 0.980. The number of halogens is 5. The molecule has 0 aromatic carbocycles. The molecule has 0 rings (SSSR count). The molecule has 86 valence electrons. The minimum absolute atomic E-state index is 0.0131. The molecule has 0 saturated heterocycles. The second kappa shape index (κ2) is 5.84. The van der Waals surface area contributed by atoms with Crippen molar-refractivity contribution in [1.29, 1.82) is 0 Å². The molecule has 0 saturated carbocycles. The Morgan fingerprint density at radius 2 is 1.71 bits per heavy atom. The van der Waals surface area contributed by atoms with Crippen molar-refractivity contribution < 1.29 is 4.57 Å². The molecule has 7 heteroatoms. The number of hydrogen-bond acceptors (Lipinski definition) is 1. The van der Waals surface area contributed by atoms with Crippen molar-refractivity contribution in [3.05, 3.63) is 0 Å². The Balaban J connectivity index is 4.30. The van der Waals surface area contributed by atoms with E-state index in [1.165, 1.54) is 0 Å². The van der Waals surface area contributed by atoms with Gasteiger partial charge >= 0.3 is 0 Å². The zero-order valence-electron chi connectivity index (χ0n) is 7.81. The Morgan fingerprint density at radius 3 is 2.00 bits per heavy atom. The van der Waals surface area contributed by atoms with Crippen molar-refractivity contribution in [2.45, 2.75) is 36.1 Å². The fourth-order valence-corrected chi connectivity index (χ4v) is 2.93. The van der Waals surface area contributed by atoms with Gasteiger partial charge in [0.1, 0.15) is 0 Å². The van der Waals surface area contributed by atoms with E-state index in [9.17, 15) is 4.57 Å². The molecule has 0 fully saturated rings. The topological polar surface area (TPSA) is 17.1 Å². The van der Waals surface area contributed by atoms with Gasteiger partial charge in [-0.15, -0.1) is 11.6 Å². The molecular weight excluding hydrogens is 308 g/mol. The summed E-state index contributed by atoms with van der Waals surface area (Å²) in [6, 6.07) is 0. The Labute approximate surface area is 109 Å². The third kappa shape index (κ3) is 5.68. The van der Waals surface area contributed by atoms with Crippen molar-refractivity contribution >= 4 is 63.1 Å². The van der Waals surface area contributed by atoms with Gasteiger partial charge in [0.15, 0.2) is 4.07 Å². The van der Waals surface area contributed by atoms with Gasteiger partial charge in [-0.05, 0) is 48.2 Å². The van der Waals surface area contributed by atoms with Crippen LogP contribution in [0, 0.1) is 5.92 Å². The maximum Gasteiger partial charge on any atom is 0.287 e. The molecule has 0 radical (unpaired) electrons. The van der Waals surface area contributed by atoms with Gasteiger partial charge in [0, 0.05) is 5.38 Å². The summed E-state index contributed by atoms with van der Waals surface area (Å²) in [4.78, 5) is 0. The van der Waals surface area contributed by atoms with Crippen molar-refractivity contribution in [1.82, 2.24) is 0 Å². The van der Waals surface area contributed by atoms with E-state index in [1.54, 1.807) is 0 Å². The largest absolute Gasteiger partial charge is 0.287 e. The predicted octanol–water partition coefficient (Wildman–Crippen LogP) is 5.83. The van der Waals surface area contributed by atoms with E-state index in [2.05, 4.69) is 0 Å². The zero-order valence-corrected chi connectivity index (χ0v) is 12.5. The van der Waals surface area contributed by atoms with Gasteiger partial charge in [-0.2, -0.15) is 0 Å². The van der Waals surface area contributed by atoms with Crippen LogP contribution in [0.25, 0.3) is 0 Å². The second-order valence-corrected chi connectivity index (χ2v) is 11.3. The maximum absolute atomic E-state index is 11.3. The van der Waals surface area contributed by atoms with E-state index < -0.39 is 9.92 Å².